The van der Waals surface area contributed by atoms with Crippen LogP contribution in [-0.2, 0) is 27.8 Å². The summed E-state index contributed by atoms with van der Waals surface area (Å²) in [5.41, 5.74) is 4.13. The first-order valence-corrected chi connectivity index (χ1v) is 12.9. The maximum Gasteiger partial charge on any atom is 0.286 e. The summed E-state index contributed by atoms with van der Waals surface area (Å²) in [5, 5.41) is 1.71. The number of benzene rings is 2. The van der Waals surface area contributed by atoms with Crippen molar-refractivity contribution in [2.75, 3.05) is 12.8 Å². The molecular formula is C22H22N2O5S2. The van der Waals surface area contributed by atoms with Crippen molar-refractivity contribution in [2.45, 2.75) is 36.7 Å². The fourth-order valence-electron chi connectivity index (χ4n) is 4.70. The van der Waals surface area contributed by atoms with E-state index in [1.807, 2.05) is 42.5 Å². The van der Waals surface area contributed by atoms with E-state index in [2.05, 4.69) is 5.32 Å². The number of hydrogen-bond acceptors (Lipinski definition) is 6. The molecule has 2 aromatic rings. The molecule has 1 saturated heterocycles. The van der Waals surface area contributed by atoms with Crippen LogP contribution < -0.4 is 10.1 Å². The van der Waals surface area contributed by atoms with Crippen LogP contribution in [0, 0.1) is 0 Å². The molecule has 2 heterocycles. The smallest absolute Gasteiger partial charge is 0.286 e. The fourth-order valence-corrected chi connectivity index (χ4v) is 6.48. The second-order valence-electron chi connectivity index (χ2n) is 8.18. The van der Waals surface area contributed by atoms with Crippen LogP contribution >= 0.6 is 11.8 Å². The Bertz CT molecular complexity index is 1180. The minimum atomic E-state index is -3.34. The molecule has 2 amide bonds. The number of fused-ring (bicyclic) bond motifs is 2. The van der Waals surface area contributed by atoms with Gasteiger partial charge in [-0.2, -0.15) is 4.31 Å². The highest BCUT2D eigenvalue weighted by Crippen LogP contribution is 2.43. The number of carbonyl (C=O) groups excluding carboxylic acids is 2. The van der Waals surface area contributed by atoms with Gasteiger partial charge in [0.1, 0.15) is 17.1 Å². The van der Waals surface area contributed by atoms with E-state index in [0.29, 0.717) is 12.3 Å². The number of ether oxygens (including phenoxy) is 1. The third kappa shape index (κ3) is 3.86. The van der Waals surface area contributed by atoms with Gasteiger partial charge in [0, 0.05) is 12.5 Å². The summed E-state index contributed by atoms with van der Waals surface area (Å²) in [4.78, 5) is 23.7. The Morgan fingerprint density at radius 1 is 1.10 bits per heavy atom. The average Bonchev–Trinajstić information content (AvgIpc) is 3.28. The van der Waals surface area contributed by atoms with Gasteiger partial charge in [-0.1, -0.05) is 42.1 Å². The molecule has 0 radical (unpaired) electrons. The Labute approximate surface area is 185 Å². The van der Waals surface area contributed by atoms with Crippen molar-refractivity contribution < 1.29 is 22.7 Å². The van der Waals surface area contributed by atoms with Crippen LogP contribution in [0.2, 0.25) is 0 Å². The molecule has 1 fully saturated rings. The van der Waals surface area contributed by atoms with E-state index >= 15 is 0 Å². The Kier molecular flexibility index (Phi) is 5.07. The maximum atomic E-state index is 12.2. The zero-order valence-corrected chi connectivity index (χ0v) is 18.5. The van der Waals surface area contributed by atoms with Crippen LogP contribution in [0.3, 0.4) is 0 Å². The number of rotatable bonds is 4. The third-order valence-corrected chi connectivity index (χ3v) is 8.52. The monoisotopic (exact) mass is 458 g/mol. The highest BCUT2D eigenvalue weighted by Gasteiger charge is 2.41. The van der Waals surface area contributed by atoms with Crippen molar-refractivity contribution in [3.05, 3.63) is 64.7 Å². The van der Waals surface area contributed by atoms with Gasteiger partial charge in [0.25, 0.3) is 5.24 Å². The van der Waals surface area contributed by atoms with E-state index in [1.165, 1.54) is 10.6 Å². The predicted molar refractivity (Wildman–Crippen MR) is 117 cm³/mol. The number of amides is 2. The summed E-state index contributed by atoms with van der Waals surface area (Å²) in [6.45, 7) is 0.608. The highest BCUT2D eigenvalue weighted by atomic mass is 32.2. The van der Waals surface area contributed by atoms with Crippen molar-refractivity contribution in [1.82, 2.24) is 9.62 Å². The lowest BCUT2D eigenvalue weighted by atomic mass is 9.96. The molecule has 3 atom stereocenters. The number of imide groups is 1. The van der Waals surface area contributed by atoms with Crippen molar-refractivity contribution in [3.63, 3.8) is 0 Å². The molecule has 0 aromatic heterocycles. The zero-order chi connectivity index (χ0) is 21.8. The van der Waals surface area contributed by atoms with Gasteiger partial charge in [-0.3, -0.25) is 14.9 Å². The van der Waals surface area contributed by atoms with Crippen LogP contribution in [0.4, 0.5) is 4.79 Å². The number of nitrogens with one attached hydrogen (secondary N) is 1. The lowest BCUT2D eigenvalue weighted by molar-refractivity contribution is -0.119. The molecule has 162 valence electrons. The number of hydrogen-bond donors (Lipinski definition) is 1. The van der Waals surface area contributed by atoms with Crippen LogP contribution in [0.1, 0.15) is 40.7 Å². The Morgan fingerprint density at radius 3 is 2.65 bits per heavy atom. The minimum absolute atomic E-state index is 0.0108. The summed E-state index contributed by atoms with van der Waals surface area (Å²) in [7, 11) is -3.34. The largest absolute Gasteiger partial charge is 0.484 e. The van der Waals surface area contributed by atoms with Crippen molar-refractivity contribution in [2.24, 2.45) is 0 Å². The molecule has 7 nitrogen and oxygen atoms in total. The second-order valence-corrected chi connectivity index (χ2v) is 11.3. The first-order valence-electron chi connectivity index (χ1n) is 10.1. The van der Waals surface area contributed by atoms with Gasteiger partial charge in [-0.15, -0.1) is 0 Å². The molecule has 1 aliphatic carbocycles. The first kappa shape index (κ1) is 20.5. The Balaban J connectivity index is 1.40. The van der Waals surface area contributed by atoms with Gasteiger partial charge in [0.05, 0.1) is 12.8 Å². The molecule has 0 bridgehead atoms. The van der Waals surface area contributed by atoms with E-state index in [9.17, 15) is 18.0 Å². The number of sulfonamides is 1. The highest BCUT2D eigenvalue weighted by molar-refractivity contribution is 8.15. The van der Waals surface area contributed by atoms with Crippen molar-refractivity contribution in [3.8, 4) is 5.75 Å². The fraction of sp³-hybridized carbons (Fsp3) is 0.364. The standard InChI is InChI=1S/C22H22N2O5S2/c1-31(27,28)24-11-14-4-2-3-5-17(14)19(12-24)29-15-7-9-16-13(10-15)6-8-18(16)20-21(25)23-22(26)30-20/h2-5,7,9-10,18-20H,6,8,11-12H2,1H3,(H,23,25,26)/t18-,19?,20?/m1/s1. The molecule has 2 unspecified atom stereocenters. The normalized spacial score (nSPS) is 25.8. The van der Waals surface area contributed by atoms with E-state index in [4.69, 9.17) is 4.74 Å². The van der Waals surface area contributed by atoms with Crippen LogP contribution in [0.25, 0.3) is 0 Å². The zero-order valence-electron chi connectivity index (χ0n) is 16.9. The predicted octanol–water partition coefficient (Wildman–Crippen LogP) is 2.96. The molecule has 5 rings (SSSR count). The van der Waals surface area contributed by atoms with Gasteiger partial charge in [-0.05, 0) is 47.2 Å². The van der Waals surface area contributed by atoms with Crippen molar-refractivity contribution >= 4 is 32.9 Å². The maximum absolute atomic E-state index is 12.2. The lowest BCUT2D eigenvalue weighted by Crippen LogP contribution is -2.39. The molecule has 9 heteroatoms. The van der Waals surface area contributed by atoms with Gasteiger partial charge in [-0.25, -0.2) is 8.42 Å². The second kappa shape index (κ2) is 7.65. The summed E-state index contributed by atoms with van der Waals surface area (Å²) >= 11 is 1.07. The van der Waals surface area contributed by atoms with Crippen molar-refractivity contribution in [1.29, 1.82) is 0 Å². The minimum Gasteiger partial charge on any atom is -0.484 e. The van der Waals surface area contributed by atoms with Gasteiger partial charge in [0.2, 0.25) is 15.9 Å². The molecule has 1 N–H and O–H groups in total. The summed E-state index contributed by atoms with van der Waals surface area (Å²) in [6.07, 6.45) is 2.44. The third-order valence-electron chi connectivity index (χ3n) is 6.19. The molecule has 0 spiro atoms. The van der Waals surface area contributed by atoms with Gasteiger partial charge < -0.3 is 4.74 Å². The van der Waals surface area contributed by atoms with Crippen LogP contribution in [-0.4, -0.2) is 41.9 Å². The van der Waals surface area contributed by atoms with Crippen LogP contribution in [0.5, 0.6) is 5.75 Å². The Hall–Kier alpha value is -2.36. The Morgan fingerprint density at radius 2 is 1.90 bits per heavy atom. The van der Waals surface area contributed by atoms with E-state index in [0.717, 1.165) is 46.9 Å². The topological polar surface area (TPSA) is 92.8 Å². The number of thioether (sulfide) groups is 1. The van der Waals surface area contributed by atoms with E-state index in [1.54, 1.807) is 0 Å². The van der Waals surface area contributed by atoms with E-state index < -0.39 is 16.1 Å². The summed E-state index contributed by atoms with van der Waals surface area (Å²) in [5.74, 6) is 0.471. The van der Waals surface area contributed by atoms with Gasteiger partial charge >= 0.3 is 0 Å². The molecular weight excluding hydrogens is 436 g/mol. The molecule has 2 aromatic carbocycles. The summed E-state index contributed by atoms with van der Waals surface area (Å²) in [6, 6.07) is 13.6. The molecule has 2 aliphatic heterocycles. The first-order chi connectivity index (χ1) is 14.8. The molecule has 3 aliphatic rings. The summed E-state index contributed by atoms with van der Waals surface area (Å²) < 4.78 is 32.1. The van der Waals surface area contributed by atoms with E-state index in [-0.39, 0.29) is 28.9 Å². The quantitative estimate of drug-likeness (QED) is 0.757. The molecule has 31 heavy (non-hydrogen) atoms. The lowest BCUT2D eigenvalue weighted by Gasteiger charge is -2.33. The number of aryl methyl sites for hydroxylation is 1. The van der Waals surface area contributed by atoms with Crippen LogP contribution in [0.15, 0.2) is 42.5 Å². The average molecular weight is 459 g/mol. The molecule has 0 saturated carbocycles. The van der Waals surface area contributed by atoms with Gasteiger partial charge in [0.15, 0.2) is 0 Å². The number of nitrogens with zero attached hydrogens (tertiary/aromatic N) is 1. The number of carbonyl (C=O) groups is 2. The SMILES string of the molecule is CS(=O)(=O)N1Cc2ccccc2C(Oc2ccc3c(c2)CC[C@H]3C2SC(=O)NC2=O)C1.